The quantitative estimate of drug-likeness (QED) is 0.168. The number of ether oxygens (including phenoxy) is 2. The lowest BCUT2D eigenvalue weighted by Crippen LogP contribution is -2.30. The standard InChI is InChI=1S/C31H25N3O5/c1-3-39-25-17-20(14-15-24(25)38-2)27-26(28(35)21-13-12-18-8-4-5-9-19(18)16-21)29(36)30(37)34(27)31-32-22-10-6-7-11-23(22)33-31/h4-17,27,35H,3H2,1-2H3,(H,32,33)/b28-26+. The van der Waals surface area contributed by atoms with Gasteiger partial charge in [-0.1, -0.05) is 54.6 Å². The third kappa shape index (κ3) is 4.06. The summed E-state index contributed by atoms with van der Waals surface area (Å²) in [5, 5.41) is 13.5. The van der Waals surface area contributed by atoms with Gasteiger partial charge in [-0.15, -0.1) is 0 Å². The summed E-state index contributed by atoms with van der Waals surface area (Å²) in [7, 11) is 1.54. The number of H-pyrrole nitrogens is 1. The van der Waals surface area contributed by atoms with Gasteiger partial charge in [-0.05, 0) is 53.6 Å². The Morgan fingerprint density at radius 3 is 2.49 bits per heavy atom. The predicted octanol–water partition coefficient (Wildman–Crippen LogP) is 5.75. The number of hydrogen-bond acceptors (Lipinski definition) is 6. The molecule has 1 atom stereocenters. The second kappa shape index (κ2) is 9.64. The summed E-state index contributed by atoms with van der Waals surface area (Å²) in [6, 6.07) is 24.7. The maximum absolute atomic E-state index is 13.6. The Morgan fingerprint density at radius 2 is 1.72 bits per heavy atom. The van der Waals surface area contributed by atoms with E-state index in [1.54, 1.807) is 30.3 Å². The first kappa shape index (κ1) is 24.2. The molecule has 1 unspecified atom stereocenters. The fourth-order valence-electron chi connectivity index (χ4n) is 5.04. The Morgan fingerprint density at radius 1 is 0.949 bits per heavy atom. The second-order valence-corrected chi connectivity index (χ2v) is 9.15. The molecule has 1 saturated heterocycles. The van der Waals surface area contributed by atoms with Crippen LogP contribution in [0, 0.1) is 0 Å². The lowest BCUT2D eigenvalue weighted by Gasteiger charge is -2.24. The number of Topliss-reactive ketones (excluding diaryl/α,β-unsaturated/α-hetero) is 1. The number of aromatic amines is 1. The van der Waals surface area contributed by atoms with E-state index < -0.39 is 17.7 Å². The van der Waals surface area contributed by atoms with Crippen molar-refractivity contribution in [3.63, 3.8) is 0 Å². The van der Waals surface area contributed by atoms with E-state index in [1.807, 2.05) is 61.5 Å². The molecule has 2 heterocycles. The van der Waals surface area contributed by atoms with Gasteiger partial charge in [0.05, 0.1) is 36.4 Å². The van der Waals surface area contributed by atoms with E-state index in [4.69, 9.17) is 9.47 Å². The summed E-state index contributed by atoms with van der Waals surface area (Å²) >= 11 is 0. The number of para-hydroxylation sites is 2. The summed E-state index contributed by atoms with van der Waals surface area (Å²) in [5.74, 6) is -0.699. The molecule has 1 amide bonds. The van der Waals surface area contributed by atoms with Crippen molar-refractivity contribution in [2.45, 2.75) is 13.0 Å². The molecule has 8 nitrogen and oxygen atoms in total. The van der Waals surface area contributed by atoms with Crippen molar-refractivity contribution in [3.05, 3.63) is 102 Å². The summed E-state index contributed by atoms with van der Waals surface area (Å²) in [5.41, 5.74) is 2.31. The average Bonchev–Trinajstić information content (AvgIpc) is 3.50. The number of nitrogens with one attached hydrogen (secondary N) is 1. The van der Waals surface area contributed by atoms with Gasteiger partial charge in [-0.3, -0.25) is 14.5 Å². The molecule has 2 N–H and O–H groups in total. The van der Waals surface area contributed by atoms with Crippen LogP contribution in [0.15, 0.2) is 90.5 Å². The molecule has 1 fully saturated rings. The number of ketones is 1. The van der Waals surface area contributed by atoms with Crippen molar-refractivity contribution in [1.82, 2.24) is 9.97 Å². The van der Waals surface area contributed by atoms with E-state index in [0.717, 1.165) is 10.8 Å². The number of hydrogen-bond donors (Lipinski definition) is 2. The van der Waals surface area contributed by atoms with Crippen LogP contribution in [-0.4, -0.2) is 40.5 Å². The Bertz CT molecular complexity index is 1750. The zero-order valence-electron chi connectivity index (χ0n) is 21.3. The van der Waals surface area contributed by atoms with Crippen LogP contribution in [0.4, 0.5) is 5.95 Å². The molecule has 0 spiro atoms. The van der Waals surface area contributed by atoms with Crippen LogP contribution in [-0.2, 0) is 9.59 Å². The Labute approximate surface area is 224 Å². The highest BCUT2D eigenvalue weighted by Gasteiger charge is 2.48. The Balaban J connectivity index is 1.58. The minimum absolute atomic E-state index is 0.0386. The number of nitrogens with zero attached hydrogens (tertiary/aromatic N) is 2. The number of imidazole rings is 1. The van der Waals surface area contributed by atoms with E-state index >= 15 is 0 Å². The lowest BCUT2D eigenvalue weighted by molar-refractivity contribution is -0.132. The molecule has 1 aliphatic heterocycles. The van der Waals surface area contributed by atoms with Crippen LogP contribution in [0.3, 0.4) is 0 Å². The van der Waals surface area contributed by atoms with Gasteiger partial charge in [0.2, 0.25) is 5.95 Å². The predicted molar refractivity (Wildman–Crippen MR) is 149 cm³/mol. The number of amides is 1. The number of rotatable bonds is 6. The number of fused-ring (bicyclic) bond motifs is 2. The van der Waals surface area contributed by atoms with Gasteiger partial charge >= 0.3 is 5.91 Å². The molecule has 1 aromatic heterocycles. The maximum atomic E-state index is 13.6. The first-order valence-electron chi connectivity index (χ1n) is 12.6. The highest BCUT2D eigenvalue weighted by atomic mass is 16.5. The number of aliphatic hydroxyl groups is 1. The summed E-state index contributed by atoms with van der Waals surface area (Å²) in [6.07, 6.45) is 0. The van der Waals surface area contributed by atoms with Crippen LogP contribution in [0.2, 0.25) is 0 Å². The van der Waals surface area contributed by atoms with E-state index in [1.165, 1.54) is 12.0 Å². The van der Waals surface area contributed by atoms with E-state index in [2.05, 4.69) is 9.97 Å². The SMILES string of the molecule is CCOc1cc(C2/C(=C(\O)c3ccc4ccccc4c3)C(=O)C(=O)N2c2nc3ccccc3[nH]2)ccc1OC. The van der Waals surface area contributed by atoms with Gasteiger partial charge in [-0.2, -0.15) is 0 Å². The molecule has 0 aliphatic carbocycles. The Kier molecular flexibility index (Phi) is 5.99. The van der Waals surface area contributed by atoms with Crippen molar-refractivity contribution in [2.75, 3.05) is 18.6 Å². The summed E-state index contributed by atoms with van der Waals surface area (Å²) in [6.45, 7) is 2.24. The minimum Gasteiger partial charge on any atom is -0.507 e. The number of anilines is 1. The van der Waals surface area contributed by atoms with Crippen LogP contribution < -0.4 is 14.4 Å². The number of aliphatic hydroxyl groups excluding tert-OH is 1. The van der Waals surface area contributed by atoms with Gasteiger partial charge < -0.3 is 19.6 Å². The Hall–Kier alpha value is -5.11. The molecule has 0 radical (unpaired) electrons. The van der Waals surface area contributed by atoms with E-state index in [9.17, 15) is 14.7 Å². The lowest BCUT2D eigenvalue weighted by atomic mass is 9.94. The van der Waals surface area contributed by atoms with Crippen molar-refractivity contribution >= 4 is 45.2 Å². The third-order valence-electron chi connectivity index (χ3n) is 6.88. The normalized spacial score (nSPS) is 16.8. The van der Waals surface area contributed by atoms with Crippen molar-refractivity contribution in [1.29, 1.82) is 0 Å². The van der Waals surface area contributed by atoms with Gasteiger partial charge in [0.15, 0.2) is 11.5 Å². The average molecular weight is 520 g/mol. The first-order chi connectivity index (χ1) is 19.0. The molecular formula is C31H25N3O5. The molecular weight excluding hydrogens is 494 g/mol. The first-order valence-corrected chi connectivity index (χ1v) is 12.6. The fourth-order valence-corrected chi connectivity index (χ4v) is 5.04. The van der Waals surface area contributed by atoms with Crippen LogP contribution in [0.5, 0.6) is 11.5 Å². The second-order valence-electron chi connectivity index (χ2n) is 9.15. The molecule has 8 heteroatoms. The largest absolute Gasteiger partial charge is 0.507 e. The fraction of sp³-hybridized carbons (Fsp3) is 0.129. The molecule has 0 bridgehead atoms. The third-order valence-corrected chi connectivity index (χ3v) is 6.88. The topological polar surface area (TPSA) is 105 Å². The summed E-state index contributed by atoms with van der Waals surface area (Å²) < 4.78 is 11.2. The smallest absolute Gasteiger partial charge is 0.302 e. The molecule has 39 heavy (non-hydrogen) atoms. The van der Waals surface area contributed by atoms with Gasteiger partial charge in [0.25, 0.3) is 5.78 Å². The van der Waals surface area contributed by atoms with Gasteiger partial charge in [-0.25, -0.2) is 4.98 Å². The van der Waals surface area contributed by atoms with Gasteiger partial charge in [0, 0.05) is 5.56 Å². The number of carbonyl (C=O) groups excluding carboxylic acids is 2. The number of aromatic nitrogens is 2. The monoisotopic (exact) mass is 519 g/mol. The van der Waals surface area contributed by atoms with Crippen LogP contribution in [0.25, 0.3) is 27.6 Å². The van der Waals surface area contributed by atoms with Crippen molar-refractivity contribution in [3.8, 4) is 11.5 Å². The maximum Gasteiger partial charge on any atom is 0.302 e. The highest BCUT2D eigenvalue weighted by molar-refractivity contribution is 6.51. The zero-order chi connectivity index (χ0) is 27.1. The molecule has 194 valence electrons. The number of methoxy groups -OCH3 is 1. The molecule has 4 aromatic carbocycles. The van der Waals surface area contributed by atoms with Crippen LogP contribution in [0.1, 0.15) is 24.1 Å². The molecule has 6 rings (SSSR count). The van der Waals surface area contributed by atoms with Crippen molar-refractivity contribution < 1.29 is 24.2 Å². The van der Waals surface area contributed by atoms with E-state index in [0.29, 0.717) is 40.3 Å². The summed E-state index contributed by atoms with van der Waals surface area (Å²) in [4.78, 5) is 36.2. The molecule has 5 aromatic rings. The van der Waals surface area contributed by atoms with Crippen molar-refractivity contribution in [2.24, 2.45) is 0 Å². The highest BCUT2D eigenvalue weighted by Crippen LogP contribution is 2.44. The van der Waals surface area contributed by atoms with E-state index in [-0.39, 0.29) is 17.3 Å². The van der Waals surface area contributed by atoms with Gasteiger partial charge in [0.1, 0.15) is 5.76 Å². The molecule has 1 aliphatic rings. The minimum atomic E-state index is -0.970. The van der Waals surface area contributed by atoms with Crippen LogP contribution >= 0.6 is 0 Å². The zero-order valence-corrected chi connectivity index (χ0v) is 21.3. The number of benzene rings is 4. The number of carbonyl (C=O) groups is 2. The molecule has 0 saturated carbocycles.